The summed E-state index contributed by atoms with van der Waals surface area (Å²) in [6.07, 6.45) is 0. The summed E-state index contributed by atoms with van der Waals surface area (Å²) in [5, 5.41) is 0. The van der Waals surface area contributed by atoms with Crippen LogP contribution < -0.4 is 0 Å². The van der Waals surface area contributed by atoms with Gasteiger partial charge in [0.15, 0.2) is 0 Å². The lowest BCUT2D eigenvalue weighted by molar-refractivity contribution is 0.313. The SMILES string of the molecule is CC12c3ccccc3C(c3ccccc31)C1c3ccccc3C2(C)c2ccccc21. The fourth-order valence-corrected chi connectivity index (χ4v) is 7.32. The summed E-state index contributed by atoms with van der Waals surface area (Å²) in [5.41, 5.74) is 11.8. The predicted octanol–water partition coefficient (Wildman–Crippen LogP) is 6.90. The van der Waals surface area contributed by atoms with Crippen molar-refractivity contribution in [1.29, 1.82) is 0 Å². The second-order valence-corrected chi connectivity index (χ2v) is 9.55. The van der Waals surface area contributed by atoms with Gasteiger partial charge in [0.25, 0.3) is 0 Å². The van der Waals surface area contributed by atoms with Crippen molar-refractivity contribution in [3.8, 4) is 0 Å². The van der Waals surface area contributed by atoms with E-state index in [0.717, 1.165) is 0 Å². The van der Waals surface area contributed by atoms with Gasteiger partial charge in [0.2, 0.25) is 0 Å². The summed E-state index contributed by atoms with van der Waals surface area (Å²) in [7, 11) is 0. The van der Waals surface area contributed by atoms with Gasteiger partial charge in [-0.25, -0.2) is 0 Å². The Kier molecular flexibility index (Phi) is 2.95. The highest BCUT2D eigenvalue weighted by Crippen LogP contribution is 2.68. The molecule has 4 bridgehead atoms. The van der Waals surface area contributed by atoms with Crippen LogP contribution in [0.4, 0.5) is 0 Å². The van der Waals surface area contributed by atoms with E-state index in [-0.39, 0.29) is 10.8 Å². The topological polar surface area (TPSA) is 0 Å². The lowest BCUT2D eigenvalue weighted by Crippen LogP contribution is -2.55. The highest BCUT2D eigenvalue weighted by atomic mass is 14.6. The molecule has 0 unspecified atom stereocenters. The van der Waals surface area contributed by atoms with Gasteiger partial charge in [0.1, 0.15) is 0 Å². The number of rotatable bonds is 0. The van der Waals surface area contributed by atoms with Crippen LogP contribution in [-0.4, -0.2) is 0 Å². The lowest BCUT2D eigenvalue weighted by Gasteiger charge is -2.60. The molecule has 0 saturated carbocycles. The van der Waals surface area contributed by atoms with Crippen molar-refractivity contribution in [2.75, 3.05) is 0 Å². The minimum absolute atomic E-state index is 0.145. The first-order valence-corrected chi connectivity index (χ1v) is 11.0. The Morgan fingerprint density at radius 2 is 0.633 bits per heavy atom. The van der Waals surface area contributed by atoms with Crippen LogP contribution >= 0.6 is 0 Å². The first-order valence-electron chi connectivity index (χ1n) is 11.0. The van der Waals surface area contributed by atoms with Crippen molar-refractivity contribution in [3.05, 3.63) is 142 Å². The number of benzene rings is 4. The molecule has 6 aliphatic carbocycles. The van der Waals surface area contributed by atoms with Crippen LogP contribution in [0.2, 0.25) is 0 Å². The average Bonchev–Trinajstić information content (AvgIpc) is 2.80. The molecule has 4 aromatic carbocycles. The van der Waals surface area contributed by atoms with E-state index in [0.29, 0.717) is 11.8 Å². The van der Waals surface area contributed by atoms with Crippen LogP contribution in [0.1, 0.15) is 70.2 Å². The van der Waals surface area contributed by atoms with E-state index in [1.165, 1.54) is 44.5 Å². The lowest BCUT2D eigenvalue weighted by atomic mass is 9.42. The summed E-state index contributed by atoms with van der Waals surface area (Å²) in [5.74, 6) is 0.690. The quantitative estimate of drug-likeness (QED) is 0.309. The van der Waals surface area contributed by atoms with E-state index in [2.05, 4.69) is 111 Å². The zero-order valence-electron chi connectivity index (χ0n) is 17.4. The molecule has 0 saturated heterocycles. The number of hydrogen-bond acceptors (Lipinski definition) is 0. The molecule has 0 radical (unpaired) electrons. The van der Waals surface area contributed by atoms with Gasteiger partial charge in [-0.15, -0.1) is 0 Å². The van der Waals surface area contributed by atoms with E-state index >= 15 is 0 Å². The van der Waals surface area contributed by atoms with Gasteiger partial charge in [0.05, 0.1) is 0 Å². The van der Waals surface area contributed by atoms with E-state index < -0.39 is 0 Å². The minimum atomic E-state index is -0.145. The van der Waals surface area contributed by atoms with Gasteiger partial charge in [-0.1, -0.05) is 111 Å². The summed E-state index contributed by atoms with van der Waals surface area (Å²) in [6.45, 7) is 5.00. The second-order valence-electron chi connectivity index (χ2n) is 9.55. The molecule has 0 spiro atoms. The molecule has 0 nitrogen and oxygen atoms in total. The van der Waals surface area contributed by atoms with Gasteiger partial charge in [-0.05, 0) is 44.5 Å². The highest BCUT2D eigenvalue weighted by Gasteiger charge is 2.60. The molecule has 144 valence electrons. The van der Waals surface area contributed by atoms with Crippen molar-refractivity contribution >= 4 is 0 Å². The molecular formula is C30H24. The van der Waals surface area contributed by atoms with E-state index in [1.807, 2.05) is 0 Å². The van der Waals surface area contributed by atoms with Crippen LogP contribution in [0.15, 0.2) is 97.1 Å². The van der Waals surface area contributed by atoms with Crippen molar-refractivity contribution in [3.63, 3.8) is 0 Å². The third-order valence-electron chi connectivity index (χ3n) is 8.67. The smallest absolute Gasteiger partial charge is 0.0315 e. The Labute approximate surface area is 178 Å². The van der Waals surface area contributed by atoms with E-state index in [9.17, 15) is 0 Å². The number of hydrogen-bond donors (Lipinski definition) is 0. The fourth-order valence-electron chi connectivity index (χ4n) is 7.32. The van der Waals surface area contributed by atoms with Crippen LogP contribution in [0.25, 0.3) is 0 Å². The maximum atomic E-state index is 2.50. The molecule has 0 aliphatic heterocycles. The van der Waals surface area contributed by atoms with Crippen molar-refractivity contribution in [2.24, 2.45) is 0 Å². The van der Waals surface area contributed by atoms with Gasteiger partial charge in [-0.2, -0.15) is 0 Å². The summed E-state index contributed by atoms with van der Waals surface area (Å²) < 4.78 is 0. The first-order chi connectivity index (χ1) is 14.7. The molecule has 0 N–H and O–H groups in total. The zero-order chi connectivity index (χ0) is 20.1. The largest absolute Gasteiger partial charge is 0.0620 e. The molecule has 0 heteroatoms. The Morgan fingerprint density at radius 1 is 0.400 bits per heavy atom. The zero-order valence-corrected chi connectivity index (χ0v) is 17.4. The fraction of sp³-hybridized carbons (Fsp3) is 0.200. The maximum absolute atomic E-state index is 2.50. The molecule has 0 amide bonds. The summed E-state index contributed by atoms with van der Waals surface area (Å²) in [4.78, 5) is 0. The van der Waals surface area contributed by atoms with Gasteiger partial charge >= 0.3 is 0 Å². The molecule has 10 rings (SSSR count). The van der Waals surface area contributed by atoms with Crippen molar-refractivity contribution in [2.45, 2.75) is 36.5 Å². The van der Waals surface area contributed by atoms with Crippen LogP contribution in [0.3, 0.4) is 0 Å². The van der Waals surface area contributed by atoms with Crippen molar-refractivity contribution in [1.82, 2.24) is 0 Å². The van der Waals surface area contributed by atoms with Crippen LogP contribution in [0, 0.1) is 0 Å². The Balaban J connectivity index is 1.77. The summed E-state index contributed by atoms with van der Waals surface area (Å²) in [6, 6.07) is 37.0. The van der Waals surface area contributed by atoms with E-state index in [1.54, 1.807) is 0 Å². The van der Waals surface area contributed by atoms with Crippen molar-refractivity contribution < 1.29 is 0 Å². The Morgan fingerprint density at radius 3 is 0.900 bits per heavy atom. The molecule has 0 aromatic heterocycles. The molecule has 6 aliphatic rings. The highest BCUT2D eigenvalue weighted by molar-refractivity contribution is 5.72. The summed E-state index contributed by atoms with van der Waals surface area (Å²) >= 11 is 0. The van der Waals surface area contributed by atoms with Gasteiger partial charge in [-0.3, -0.25) is 0 Å². The molecule has 0 atom stereocenters. The Hall–Kier alpha value is -3.12. The third kappa shape index (κ3) is 1.61. The second kappa shape index (κ2) is 5.32. The van der Waals surface area contributed by atoms with Crippen LogP contribution in [-0.2, 0) is 10.8 Å². The van der Waals surface area contributed by atoms with Crippen LogP contribution in [0.5, 0.6) is 0 Å². The molecule has 30 heavy (non-hydrogen) atoms. The Bertz CT molecular complexity index is 1140. The third-order valence-corrected chi connectivity index (χ3v) is 8.67. The standard InChI is InChI=1S/C30H24/c1-29-23-15-7-3-11-19(23)27(20-12-4-8-16-24(20)29)28-21-13-5-9-17-25(21)30(29,2)26-18-10-6-14-22(26)28/h3-18,27-28H,1-2H3. The molecule has 0 heterocycles. The average molecular weight is 385 g/mol. The minimum Gasteiger partial charge on any atom is -0.0620 e. The molecular weight excluding hydrogens is 360 g/mol. The molecule has 4 aromatic rings. The molecule has 0 fully saturated rings. The maximum Gasteiger partial charge on any atom is 0.0315 e. The first kappa shape index (κ1) is 16.7. The monoisotopic (exact) mass is 384 g/mol. The normalized spacial score (nSPS) is 29.3. The predicted molar refractivity (Wildman–Crippen MR) is 122 cm³/mol. The van der Waals surface area contributed by atoms with Gasteiger partial charge < -0.3 is 0 Å². The van der Waals surface area contributed by atoms with Gasteiger partial charge in [0, 0.05) is 22.7 Å². The van der Waals surface area contributed by atoms with E-state index in [4.69, 9.17) is 0 Å².